The predicted molar refractivity (Wildman–Crippen MR) is 145 cm³/mol. The molecular formula is C31H30O7. The number of aliphatic hydroxyl groups excluding tert-OH is 1. The summed E-state index contributed by atoms with van der Waals surface area (Å²) in [5.41, 5.74) is 2.63. The van der Waals surface area contributed by atoms with Gasteiger partial charge in [-0.3, -0.25) is 4.79 Å². The Bertz CT molecular complexity index is 1410. The van der Waals surface area contributed by atoms with E-state index >= 15 is 0 Å². The predicted octanol–water partition coefficient (Wildman–Crippen LogP) is 5.82. The first kappa shape index (κ1) is 26.4. The fraction of sp³-hybridized carbons (Fsp3) is 0.194. The monoisotopic (exact) mass is 514 g/mol. The summed E-state index contributed by atoms with van der Waals surface area (Å²) in [5.74, 6) is -0.578. The number of hydrogen-bond donors (Lipinski definition) is 5. The van der Waals surface area contributed by atoms with Crippen LogP contribution in [0.25, 0.3) is 11.6 Å². The molecule has 4 rings (SSSR count). The summed E-state index contributed by atoms with van der Waals surface area (Å²) in [6, 6.07) is 14.3. The van der Waals surface area contributed by atoms with E-state index in [0.717, 1.165) is 24.0 Å². The van der Waals surface area contributed by atoms with E-state index in [1.165, 1.54) is 43.5 Å². The number of carbonyl (C=O) groups excluding carboxylic acids is 1. The minimum absolute atomic E-state index is 0.0824. The second-order valence-electron chi connectivity index (χ2n) is 9.20. The first-order chi connectivity index (χ1) is 18.2. The van der Waals surface area contributed by atoms with Crippen LogP contribution >= 0.6 is 0 Å². The summed E-state index contributed by atoms with van der Waals surface area (Å²) in [5, 5.41) is 50.2. The fourth-order valence-electron chi connectivity index (χ4n) is 4.46. The normalized spacial score (nSPS) is 15.2. The Hall–Kier alpha value is -4.65. The molecule has 7 nitrogen and oxygen atoms in total. The van der Waals surface area contributed by atoms with E-state index < -0.39 is 5.92 Å². The van der Waals surface area contributed by atoms with Crippen molar-refractivity contribution in [2.75, 3.05) is 7.11 Å². The summed E-state index contributed by atoms with van der Waals surface area (Å²) in [7, 11) is 1.51. The molecule has 3 aromatic carbocycles. The van der Waals surface area contributed by atoms with Crippen LogP contribution < -0.4 is 4.74 Å². The number of ketones is 1. The van der Waals surface area contributed by atoms with E-state index in [9.17, 15) is 30.3 Å². The molecule has 0 bridgehead atoms. The molecule has 0 saturated carbocycles. The summed E-state index contributed by atoms with van der Waals surface area (Å²) >= 11 is 0. The number of phenols is 4. The van der Waals surface area contributed by atoms with Crippen molar-refractivity contribution in [2.24, 2.45) is 5.92 Å². The zero-order chi connectivity index (χ0) is 27.2. The molecule has 3 aromatic rings. The number of carbonyl (C=O) groups is 1. The van der Waals surface area contributed by atoms with Gasteiger partial charge in [0.05, 0.1) is 7.11 Å². The highest BCUT2D eigenvalue weighted by Gasteiger charge is 2.25. The van der Waals surface area contributed by atoms with Gasteiger partial charge in [-0.15, -0.1) is 0 Å². The zero-order valence-electron chi connectivity index (χ0n) is 21.0. The van der Waals surface area contributed by atoms with Crippen molar-refractivity contribution in [3.8, 4) is 28.7 Å². The number of methoxy groups -OCH3 is 1. The van der Waals surface area contributed by atoms with Crippen LogP contribution in [-0.2, 0) is 17.6 Å². The van der Waals surface area contributed by atoms with Crippen LogP contribution in [0, 0.1) is 5.92 Å². The van der Waals surface area contributed by atoms with Crippen LogP contribution in [0.3, 0.4) is 0 Å². The van der Waals surface area contributed by atoms with E-state index in [2.05, 4.69) is 0 Å². The van der Waals surface area contributed by atoms with Gasteiger partial charge in [0.15, 0.2) is 5.78 Å². The largest absolute Gasteiger partial charge is 0.508 e. The van der Waals surface area contributed by atoms with Gasteiger partial charge in [0.1, 0.15) is 34.5 Å². The molecule has 196 valence electrons. The smallest absolute Gasteiger partial charge is 0.170 e. The number of hydrogen-bond acceptors (Lipinski definition) is 7. The van der Waals surface area contributed by atoms with Crippen LogP contribution in [0.15, 0.2) is 78.6 Å². The maximum atomic E-state index is 13.7. The van der Waals surface area contributed by atoms with Crippen molar-refractivity contribution in [3.63, 3.8) is 0 Å². The highest BCUT2D eigenvalue weighted by Crippen LogP contribution is 2.38. The van der Waals surface area contributed by atoms with Crippen molar-refractivity contribution >= 4 is 17.4 Å². The molecule has 1 unspecified atom stereocenters. The lowest BCUT2D eigenvalue weighted by atomic mass is 9.86. The number of ether oxygens (including phenoxy) is 1. The molecule has 7 heteroatoms. The molecule has 1 atom stereocenters. The topological polar surface area (TPSA) is 127 Å². The molecule has 1 aliphatic carbocycles. The third-order valence-corrected chi connectivity index (χ3v) is 6.53. The summed E-state index contributed by atoms with van der Waals surface area (Å²) < 4.78 is 5.51. The lowest BCUT2D eigenvalue weighted by molar-refractivity contribution is -0.115. The third-order valence-electron chi connectivity index (χ3n) is 6.53. The van der Waals surface area contributed by atoms with E-state index in [4.69, 9.17) is 4.74 Å². The first-order valence-electron chi connectivity index (χ1n) is 12.3. The summed E-state index contributed by atoms with van der Waals surface area (Å²) in [4.78, 5) is 13.7. The number of allylic oxidation sites excluding steroid dienone is 4. The molecule has 0 amide bonds. The molecule has 0 aliphatic heterocycles. The van der Waals surface area contributed by atoms with Gasteiger partial charge < -0.3 is 30.3 Å². The highest BCUT2D eigenvalue weighted by atomic mass is 16.5. The summed E-state index contributed by atoms with van der Waals surface area (Å²) in [6.45, 7) is 0. The van der Waals surface area contributed by atoms with Crippen molar-refractivity contribution < 1.29 is 35.1 Å². The minimum Gasteiger partial charge on any atom is -0.508 e. The first-order valence-corrected chi connectivity index (χ1v) is 12.3. The molecule has 0 aromatic heterocycles. The Balaban J connectivity index is 1.72. The maximum Gasteiger partial charge on any atom is 0.170 e. The molecule has 38 heavy (non-hydrogen) atoms. The Morgan fingerprint density at radius 1 is 0.921 bits per heavy atom. The number of phenolic OH excluding ortho intramolecular Hbond substituents is 4. The zero-order valence-corrected chi connectivity index (χ0v) is 21.0. The molecule has 0 saturated heterocycles. The molecule has 1 aliphatic rings. The Morgan fingerprint density at radius 3 is 2.32 bits per heavy atom. The van der Waals surface area contributed by atoms with E-state index in [1.54, 1.807) is 30.4 Å². The molecule has 0 heterocycles. The lowest BCUT2D eigenvalue weighted by Crippen LogP contribution is -2.16. The number of Topliss-reactive ketones (excluding diaryl/α,β-unsaturated/α-hetero) is 1. The van der Waals surface area contributed by atoms with Gasteiger partial charge in [-0.2, -0.15) is 0 Å². The summed E-state index contributed by atoms with van der Waals surface area (Å²) in [6.07, 6.45) is 8.52. The van der Waals surface area contributed by atoms with Gasteiger partial charge in [0.25, 0.3) is 0 Å². The molecule has 0 fully saturated rings. The standard InChI is InChI=1S/C31H30O7/c1-38-30-18-29(36)26(16-22(30)4-2-3-19-5-10-23(32)11-6-19)27(15-21-9-14-25(34)17-28(21)35)31(37)20-7-12-24(33)13-8-20/h5-7,9-18,20,32-36H,2-4,8H2,1H3/b27-15-. The second-order valence-corrected chi connectivity index (χ2v) is 9.20. The van der Waals surface area contributed by atoms with Crippen LogP contribution in [0.2, 0.25) is 0 Å². The van der Waals surface area contributed by atoms with E-state index in [-0.39, 0.29) is 52.1 Å². The second kappa shape index (κ2) is 11.6. The van der Waals surface area contributed by atoms with Gasteiger partial charge in [-0.1, -0.05) is 18.2 Å². The fourth-order valence-corrected chi connectivity index (χ4v) is 4.46. The number of aromatic hydroxyl groups is 4. The van der Waals surface area contributed by atoms with Crippen LogP contribution in [0.4, 0.5) is 0 Å². The highest BCUT2D eigenvalue weighted by molar-refractivity contribution is 6.27. The van der Waals surface area contributed by atoms with Crippen molar-refractivity contribution in [1.29, 1.82) is 0 Å². The Kier molecular flexibility index (Phi) is 8.06. The van der Waals surface area contributed by atoms with Crippen LogP contribution in [-0.4, -0.2) is 38.4 Å². The molecule has 0 radical (unpaired) electrons. The van der Waals surface area contributed by atoms with E-state index in [1.807, 2.05) is 12.1 Å². The Morgan fingerprint density at radius 2 is 1.66 bits per heavy atom. The number of benzene rings is 3. The van der Waals surface area contributed by atoms with Crippen molar-refractivity contribution in [2.45, 2.75) is 25.7 Å². The molecular weight excluding hydrogens is 484 g/mol. The van der Waals surface area contributed by atoms with Gasteiger partial charge in [0.2, 0.25) is 0 Å². The number of aliphatic hydroxyl groups is 1. The van der Waals surface area contributed by atoms with Crippen molar-refractivity contribution in [1.82, 2.24) is 0 Å². The molecule has 5 N–H and O–H groups in total. The third kappa shape index (κ3) is 6.18. The van der Waals surface area contributed by atoms with Crippen molar-refractivity contribution in [3.05, 3.63) is 101 Å². The van der Waals surface area contributed by atoms with Crippen LogP contribution in [0.5, 0.6) is 28.7 Å². The lowest BCUT2D eigenvalue weighted by Gasteiger charge is -2.19. The average molecular weight is 515 g/mol. The minimum atomic E-state index is -0.573. The SMILES string of the molecule is COc1cc(O)c(/C(=C/c2ccc(O)cc2O)C(=O)C2C=CC(O)=CC2)cc1CCCc1ccc(O)cc1. The van der Waals surface area contributed by atoms with Gasteiger partial charge in [-0.25, -0.2) is 0 Å². The quantitative estimate of drug-likeness (QED) is 0.180. The van der Waals surface area contributed by atoms with Gasteiger partial charge in [0, 0.05) is 34.8 Å². The number of aryl methyl sites for hydroxylation is 2. The van der Waals surface area contributed by atoms with Crippen LogP contribution in [0.1, 0.15) is 35.1 Å². The van der Waals surface area contributed by atoms with Gasteiger partial charge >= 0.3 is 0 Å². The number of rotatable bonds is 9. The Labute approximate surface area is 220 Å². The van der Waals surface area contributed by atoms with E-state index in [0.29, 0.717) is 17.7 Å². The molecule has 0 spiro atoms. The maximum absolute atomic E-state index is 13.7. The van der Waals surface area contributed by atoms with Gasteiger partial charge in [-0.05, 0) is 85.4 Å². The average Bonchev–Trinajstić information content (AvgIpc) is 2.90.